The molecule has 7 nitrogen and oxygen atoms in total. The second-order valence-electron chi connectivity index (χ2n) is 8.13. The molecule has 0 aliphatic carbocycles. The first-order valence-corrected chi connectivity index (χ1v) is 12.6. The molecule has 3 aromatic rings. The Morgan fingerprint density at radius 1 is 0.971 bits per heavy atom. The molecular weight excluding hydrogens is 446 g/mol. The van der Waals surface area contributed by atoms with Crippen molar-refractivity contribution in [2.24, 2.45) is 0 Å². The van der Waals surface area contributed by atoms with Crippen LogP contribution in [0.4, 0.5) is 21.9 Å². The van der Waals surface area contributed by atoms with Crippen molar-refractivity contribution in [2.45, 2.75) is 30.7 Å². The van der Waals surface area contributed by atoms with E-state index in [1.54, 1.807) is 30.2 Å². The van der Waals surface area contributed by atoms with Gasteiger partial charge in [0.05, 0.1) is 5.56 Å². The molecule has 8 heteroatoms. The average molecular weight is 476 g/mol. The largest absolute Gasteiger partial charge is 0.371 e. The van der Waals surface area contributed by atoms with Crippen molar-refractivity contribution in [3.63, 3.8) is 0 Å². The highest BCUT2D eigenvalue weighted by atomic mass is 32.2. The molecule has 1 saturated heterocycles. The number of amides is 3. The number of hydrogen-bond acceptors (Lipinski definition) is 5. The minimum absolute atomic E-state index is 0.180. The normalized spacial score (nSPS) is 13.3. The lowest BCUT2D eigenvalue weighted by Gasteiger charge is -2.30. The number of aromatic nitrogens is 1. The Hall–Kier alpha value is -3.52. The van der Waals surface area contributed by atoms with E-state index in [4.69, 9.17) is 0 Å². The van der Waals surface area contributed by atoms with Crippen molar-refractivity contribution in [3.05, 3.63) is 78.1 Å². The van der Waals surface area contributed by atoms with E-state index < -0.39 is 0 Å². The maximum absolute atomic E-state index is 13.2. The highest BCUT2D eigenvalue weighted by molar-refractivity contribution is 7.98. The molecule has 34 heavy (non-hydrogen) atoms. The Morgan fingerprint density at radius 2 is 1.71 bits per heavy atom. The van der Waals surface area contributed by atoms with E-state index in [0.29, 0.717) is 23.5 Å². The number of carbonyl (C=O) groups is 2. The molecule has 4 rings (SSSR count). The summed E-state index contributed by atoms with van der Waals surface area (Å²) in [6.45, 7) is 2.22. The molecule has 3 N–H and O–H groups in total. The third-order valence-corrected chi connectivity index (χ3v) is 6.46. The fourth-order valence-corrected chi connectivity index (χ4v) is 4.36. The maximum Gasteiger partial charge on any atom is 0.323 e. The van der Waals surface area contributed by atoms with E-state index in [0.717, 1.165) is 42.1 Å². The zero-order chi connectivity index (χ0) is 23.8. The lowest BCUT2D eigenvalue weighted by Crippen LogP contribution is -2.33. The van der Waals surface area contributed by atoms with E-state index in [-0.39, 0.29) is 11.9 Å². The highest BCUT2D eigenvalue weighted by Gasteiger charge is 2.20. The van der Waals surface area contributed by atoms with Crippen LogP contribution in [-0.4, -0.2) is 36.3 Å². The van der Waals surface area contributed by atoms with Gasteiger partial charge < -0.3 is 20.9 Å². The van der Waals surface area contributed by atoms with Gasteiger partial charge in [0.25, 0.3) is 5.91 Å². The summed E-state index contributed by atoms with van der Waals surface area (Å²) in [4.78, 5) is 33.2. The van der Waals surface area contributed by atoms with Crippen molar-refractivity contribution >= 4 is 40.8 Å². The molecule has 0 radical (unpaired) electrons. The molecule has 0 atom stereocenters. The maximum atomic E-state index is 13.2. The van der Waals surface area contributed by atoms with Crippen LogP contribution in [0.25, 0.3) is 0 Å². The summed E-state index contributed by atoms with van der Waals surface area (Å²) in [6, 6.07) is 16.6. The zero-order valence-corrected chi connectivity index (χ0v) is 20.0. The van der Waals surface area contributed by atoms with Crippen LogP contribution in [0, 0.1) is 0 Å². The van der Waals surface area contributed by atoms with Crippen molar-refractivity contribution in [1.29, 1.82) is 0 Å². The number of pyridine rings is 1. The first-order chi connectivity index (χ1) is 16.6. The van der Waals surface area contributed by atoms with Gasteiger partial charge in [0, 0.05) is 54.0 Å². The molecule has 0 spiro atoms. The van der Waals surface area contributed by atoms with Gasteiger partial charge in [-0.2, -0.15) is 0 Å². The highest BCUT2D eigenvalue weighted by Crippen LogP contribution is 2.27. The van der Waals surface area contributed by atoms with Gasteiger partial charge in [-0.25, -0.2) is 4.79 Å². The number of nitrogens with one attached hydrogen (secondary N) is 3. The quantitative estimate of drug-likeness (QED) is 0.400. The lowest BCUT2D eigenvalue weighted by molar-refractivity contribution is 0.0951. The molecule has 1 aliphatic rings. The summed E-state index contributed by atoms with van der Waals surface area (Å²) < 4.78 is 0. The third kappa shape index (κ3) is 6.29. The summed E-state index contributed by atoms with van der Waals surface area (Å²) in [6.07, 6.45) is 8.86. The minimum atomic E-state index is -0.357. The number of benzene rings is 2. The predicted octanol–water partition coefficient (Wildman–Crippen LogP) is 5.37. The number of rotatable bonds is 7. The van der Waals surface area contributed by atoms with Crippen LogP contribution in [0.3, 0.4) is 0 Å². The van der Waals surface area contributed by atoms with Gasteiger partial charge in [-0.3, -0.25) is 9.78 Å². The lowest BCUT2D eigenvalue weighted by atomic mass is 10.1. The minimum Gasteiger partial charge on any atom is -0.371 e. The predicted molar refractivity (Wildman–Crippen MR) is 139 cm³/mol. The molecule has 3 amide bonds. The molecule has 0 saturated carbocycles. The summed E-state index contributed by atoms with van der Waals surface area (Å²) in [5.74, 6) is -0.180. The summed E-state index contributed by atoms with van der Waals surface area (Å²) in [5, 5.41) is 8.68. The monoisotopic (exact) mass is 475 g/mol. The number of carbonyl (C=O) groups excluding carboxylic acids is 2. The Labute approximate surface area is 204 Å². The van der Waals surface area contributed by atoms with Crippen LogP contribution in [0.2, 0.25) is 0 Å². The fourth-order valence-electron chi connectivity index (χ4n) is 3.95. The molecule has 0 bridgehead atoms. The van der Waals surface area contributed by atoms with Crippen molar-refractivity contribution < 1.29 is 9.59 Å². The van der Waals surface area contributed by atoms with Gasteiger partial charge in [-0.15, -0.1) is 11.8 Å². The van der Waals surface area contributed by atoms with Crippen molar-refractivity contribution in [2.75, 3.05) is 34.9 Å². The van der Waals surface area contributed by atoms with Crippen molar-refractivity contribution in [3.8, 4) is 0 Å². The summed E-state index contributed by atoms with van der Waals surface area (Å²) in [7, 11) is 0. The molecule has 1 aromatic heterocycles. The van der Waals surface area contributed by atoms with E-state index in [1.165, 1.54) is 6.42 Å². The topological polar surface area (TPSA) is 86.4 Å². The third-order valence-electron chi connectivity index (χ3n) is 5.72. The Morgan fingerprint density at radius 3 is 2.41 bits per heavy atom. The molecule has 0 unspecified atom stereocenters. The van der Waals surface area contributed by atoms with Crippen LogP contribution >= 0.6 is 11.8 Å². The second-order valence-corrected chi connectivity index (χ2v) is 9.01. The summed E-state index contributed by atoms with van der Waals surface area (Å²) >= 11 is 1.65. The average Bonchev–Trinajstić information content (AvgIpc) is 2.89. The number of hydrogen-bond donors (Lipinski definition) is 3. The molecule has 2 heterocycles. The number of thioether (sulfide) groups is 1. The number of nitrogens with zero attached hydrogens (tertiary/aromatic N) is 2. The van der Waals surface area contributed by atoms with Gasteiger partial charge in [0.2, 0.25) is 0 Å². The van der Waals surface area contributed by atoms with Crippen LogP contribution in [0.5, 0.6) is 0 Å². The smallest absolute Gasteiger partial charge is 0.323 e. The zero-order valence-electron chi connectivity index (χ0n) is 19.2. The van der Waals surface area contributed by atoms with Gasteiger partial charge in [-0.1, -0.05) is 6.07 Å². The molecule has 2 aromatic carbocycles. The van der Waals surface area contributed by atoms with E-state index in [2.05, 4.69) is 25.8 Å². The molecule has 1 fully saturated rings. The summed E-state index contributed by atoms with van der Waals surface area (Å²) in [5.41, 5.74) is 3.63. The van der Waals surface area contributed by atoms with E-state index in [1.807, 2.05) is 54.8 Å². The number of anilines is 3. The first-order valence-electron chi connectivity index (χ1n) is 11.4. The Bertz CT molecular complexity index is 1120. The van der Waals surface area contributed by atoms with Crippen LogP contribution in [0.15, 0.2) is 71.9 Å². The second kappa shape index (κ2) is 11.6. The Balaban J connectivity index is 1.49. The van der Waals surface area contributed by atoms with Crippen LogP contribution in [-0.2, 0) is 6.54 Å². The molecule has 176 valence electrons. The number of urea groups is 1. The van der Waals surface area contributed by atoms with Gasteiger partial charge in [0.1, 0.15) is 0 Å². The Kier molecular flexibility index (Phi) is 8.04. The van der Waals surface area contributed by atoms with Gasteiger partial charge in [0.15, 0.2) is 0 Å². The standard InChI is InChI=1S/C26H29N5O2S/c1-34-22-10-7-20(8-11-22)29-26(33)30-21-9-12-24(31-14-3-2-4-15-31)23(16-21)25(32)28-18-19-6-5-13-27-17-19/h5-13,16-17H,2-4,14-15,18H2,1H3,(H,28,32)(H2,29,30,33). The first kappa shape index (κ1) is 23.6. The van der Waals surface area contributed by atoms with E-state index >= 15 is 0 Å². The SMILES string of the molecule is CSc1ccc(NC(=O)Nc2ccc(N3CCCCC3)c(C(=O)NCc3cccnc3)c2)cc1. The van der Waals surface area contributed by atoms with Crippen LogP contribution < -0.4 is 20.9 Å². The van der Waals surface area contributed by atoms with E-state index in [9.17, 15) is 9.59 Å². The molecular formula is C26H29N5O2S. The fraction of sp³-hybridized carbons (Fsp3) is 0.269. The van der Waals surface area contributed by atoms with Gasteiger partial charge in [-0.05, 0) is 79.6 Å². The number of piperidine rings is 1. The molecule has 1 aliphatic heterocycles. The van der Waals surface area contributed by atoms with Crippen LogP contribution in [0.1, 0.15) is 35.2 Å². The van der Waals surface area contributed by atoms with Gasteiger partial charge >= 0.3 is 6.03 Å². The van der Waals surface area contributed by atoms with Crippen molar-refractivity contribution in [1.82, 2.24) is 10.3 Å².